The van der Waals surface area contributed by atoms with Gasteiger partial charge in [-0.15, -0.1) is 0 Å². The number of aliphatic carboxylic acids is 1. The summed E-state index contributed by atoms with van der Waals surface area (Å²) in [6.07, 6.45) is 0.752. The van der Waals surface area contributed by atoms with Crippen molar-refractivity contribution in [3.8, 4) is 5.75 Å². The smallest absolute Gasteiger partial charge is 0.319 e. The summed E-state index contributed by atoms with van der Waals surface area (Å²) in [7, 11) is 0. The van der Waals surface area contributed by atoms with E-state index in [-0.39, 0.29) is 6.61 Å². The monoisotopic (exact) mass is 293 g/mol. The molecule has 0 bridgehead atoms. The number of nitrogens with one attached hydrogen (secondary N) is 1. The molecule has 1 aromatic rings. The minimum Gasteiger partial charge on any atom is -0.491 e. The van der Waals surface area contributed by atoms with E-state index in [4.69, 9.17) is 9.84 Å². The fraction of sp³-hybridized carbons (Fsp3) is 0.467. The van der Waals surface area contributed by atoms with Crippen molar-refractivity contribution in [2.45, 2.75) is 32.3 Å². The first kappa shape index (κ1) is 15.3. The molecule has 1 aliphatic carbocycles. The third kappa shape index (κ3) is 3.72. The standard InChI is InChI=1S/C15H19NO5/c1-14(2,20)9-21-11-5-3-10(4-6-11)16-12(17)15(7-8-15)13(18)19/h3-6,20H,7-9H2,1-2H3,(H,16,17)(H,18,19). The lowest BCUT2D eigenvalue weighted by Crippen LogP contribution is -2.31. The Balaban J connectivity index is 1.94. The molecule has 0 aromatic heterocycles. The van der Waals surface area contributed by atoms with Crippen LogP contribution in [0.1, 0.15) is 26.7 Å². The van der Waals surface area contributed by atoms with Crippen molar-refractivity contribution in [3.05, 3.63) is 24.3 Å². The lowest BCUT2D eigenvalue weighted by molar-refractivity contribution is -0.147. The highest BCUT2D eigenvalue weighted by Crippen LogP contribution is 2.46. The fourth-order valence-electron chi connectivity index (χ4n) is 1.81. The van der Waals surface area contributed by atoms with Crippen LogP contribution in [0.5, 0.6) is 5.75 Å². The Morgan fingerprint density at radius 1 is 1.29 bits per heavy atom. The zero-order valence-electron chi connectivity index (χ0n) is 12.0. The Morgan fingerprint density at radius 2 is 1.86 bits per heavy atom. The summed E-state index contributed by atoms with van der Waals surface area (Å²) in [4.78, 5) is 23.0. The van der Waals surface area contributed by atoms with Gasteiger partial charge < -0.3 is 20.3 Å². The number of hydrogen-bond acceptors (Lipinski definition) is 4. The van der Waals surface area contributed by atoms with Gasteiger partial charge in [-0.05, 0) is 51.0 Å². The molecule has 114 valence electrons. The van der Waals surface area contributed by atoms with Crippen LogP contribution in [0.2, 0.25) is 0 Å². The van der Waals surface area contributed by atoms with Gasteiger partial charge in [0.1, 0.15) is 17.8 Å². The molecule has 1 saturated carbocycles. The number of ether oxygens (including phenoxy) is 1. The quantitative estimate of drug-likeness (QED) is 0.693. The molecule has 0 atom stereocenters. The Kier molecular flexibility index (Phi) is 3.91. The van der Waals surface area contributed by atoms with E-state index < -0.39 is 22.9 Å². The van der Waals surface area contributed by atoms with Crippen LogP contribution in [0, 0.1) is 5.41 Å². The van der Waals surface area contributed by atoms with Crippen LogP contribution in [0.4, 0.5) is 5.69 Å². The van der Waals surface area contributed by atoms with Crippen molar-refractivity contribution in [2.24, 2.45) is 5.41 Å². The van der Waals surface area contributed by atoms with Crippen molar-refractivity contribution in [2.75, 3.05) is 11.9 Å². The average Bonchev–Trinajstić information content (AvgIpc) is 3.18. The topological polar surface area (TPSA) is 95.9 Å². The SMILES string of the molecule is CC(C)(O)COc1ccc(NC(=O)C2(C(=O)O)CC2)cc1. The first-order valence-electron chi connectivity index (χ1n) is 6.73. The van der Waals surface area contributed by atoms with E-state index in [1.807, 2.05) is 0 Å². The van der Waals surface area contributed by atoms with Crippen LogP contribution in [-0.4, -0.2) is 34.3 Å². The zero-order valence-corrected chi connectivity index (χ0v) is 12.0. The molecule has 6 heteroatoms. The molecule has 0 radical (unpaired) electrons. The fourth-order valence-corrected chi connectivity index (χ4v) is 1.81. The van der Waals surface area contributed by atoms with Crippen LogP contribution < -0.4 is 10.1 Å². The number of anilines is 1. The van der Waals surface area contributed by atoms with Gasteiger partial charge in [-0.25, -0.2) is 0 Å². The molecular weight excluding hydrogens is 274 g/mol. The van der Waals surface area contributed by atoms with Gasteiger partial charge in [0.2, 0.25) is 5.91 Å². The number of aliphatic hydroxyl groups is 1. The predicted molar refractivity (Wildman–Crippen MR) is 76.2 cm³/mol. The van der Waals surface area contributed by atoms with E-state index >= 15 is 0 Å². The number of hydrogen-bond donors (Lipinski definition) is 3. The molecule has 2 rings (SSSR count). The third-order valence-corrected chi connectivity index (χ3v) is 3.30. The van der Waals surface area contributed by atoms with E-state index in [1.165, 1.54) is 0 Å². The number of rotatable bonds is 6. The Morgan fingerprint density at radius 3 is 2.29 bits per heavy atom. The van der Waals surface area contributed by atoms with Gasteiger partial charge in [0, 0.05) is 5.69 Å². The minimum atomic E-state index is -1.25. The van der Waals surface area contributed by atoms with Gasteiger partial charge in [0.15, 0.2) is 0 Å². The molecule has 1 aliphatic rings. The first-order valence-corrected chi connectivity index (χ1v) is 6.73. The second kappa shape index (κ2) is 5.37. The summed E-state index contributed by atoms with van der Waals surface area (Å²) in [5, 5.41) is 21.2. The molecule has 0 saturated heterocycles. The highest BCUT2D eigenvalue weighted by molar-refractivity contribution is 6.10. The zero-order chi connectivity index (χ0) is 15.7. The highest BCUT2D eigenvalue weighted by Gasteiger charge is 2.57. The van der Waals surface area contributed by atoms with Crippen molar-refractivity contribution in [3.63, 3.8) is 0 Å². The molecular formula is C15H19NO5. The predicted octanol–water partition coefficient (Wildman–Crippen LogP) is 1.64. The molecule has 0 aliphatic heterocycles. The number of amides is 1. The summed E-state index contributed by atoms with van der Waals surface area (Å²) in [5.41, 5.74) is -1.66. The molecule has 21 heavy (non-hydrogen) atoms. The lowest BCUT2D eigenvalue weighted by Gasteiger charge is -2.18. The maximum absolute atomic E-state index is 11.9. The van der Waals surface area contributed by atoms with Crippen molar-refractivity contribution in [1.29, 1.82) is 0 Å². The highest BCUT2D eigenvalue weighted by atomic mass is 16.5. The molecule has 0 heterocycles. The number of carbonyl (C=O) groups is 2. The second-order valence-electron chi connectivity index (χ2n) is 5.97. The summed E-state index contributed by atoms with van der Waals surface area (Å²) >= 11 is 0. The lowest BCUT2D eigenvalue weighted by atomic mass is 10.1. The van der Waals surface area contributed by atoms with E-state index in [2.05, 4.69) is 5.32 Å². The van der Waals surface area contributed by atoms with Gasteiger partial charge in [-0.2, -0.15) is 0 Å². The Hall–Kier alpha value is -2.08. The Bertz CT molecular complexity index is 540. The molecule has 1 aromatic carbocycles. The molecule has 1 fully saturated rings. The summed E-state index contributed by atoms with van der Waals surface area (Å²) in [6, 6.07) is 6.58. The van der Waals surface area contributed by atoms with Gasteiger partial charge in [-0.3, -0.25) is 9.59 Å². The van der Waals surface area contributed by atoms with Crippen LogP contribution in [0.3, 0.4) is 0 Å². The van der Waals surface area contributed by atoms with Gasteiger partial charge in [0.25, 0.3) is 0 Å². The van der Waals surface area contributed by atoms with Crippen LogP contribution in [0.15, 0.2) is 24.3 Å². The molecule has 0 spiro atoms. The van der Waals surface area contributed by atoms with Crippen molar-refractivity contribution in [1.82, 2.24) is 0 Å². The molecule has 6 nitrogen and oxygen atoms in total. The summed E-state index contributed by atoms with van der Waals surface area (Å²) in [6.45, 7) is 3.44. The van der Waals surface area contributed by atoms with Gasteiger partial charge >= 0.3 is 5.97 Å². The number of benzene rings is 1. The van der Waals surface area contributed by atoms with E-state index in [0.717, 1.165) is 0 Å². The van der Waals surface area contributed by atoms with Crippen LogP contribution in [-0.2, 0) is 9.59 Å². The first-order chi connectivity index (χ1) is 9.73. The normalized spacial score (nSPS) is 16.1. The molecule has 3 N–H and O–H groups in total. The largest absolute Gasteiger partial charge is 0.491 e. The summed E-state index contributed by atoms with van der Waals surface area (Å²) in [5.74, 6) is -1.00. The van der Waals surface area contributed by atoms with E-state index in [0.29, 0.717) is 24.3 Å². The van der Waals surface area contributed by atoms with E-state index in [9.17, 15) is 14.7 Å². The molecule has 0 unspecified atom stereocenters. The third-order valence-electron chi connectivity index (χ3n) is 3.30. The summed E-state index contributed by atoms with van der Waals surface area (Å²) < 4.78 is 5.39. The number of carboxylic acid groups (broad SMARTS) is 1. The van der Waals surface area contributed by atoms with Gasteiger partial charge in [-0.1, -0.05) is 0 Å². The minimum absolute atomic E-state index is 0.154. The number of carboxylic acids is 1. The van der Waals surface area contributed by atoms with Crippen LogP contribution >= 0.6 is 0 Å². The van der Waals surface area contributed by atoms with Crippen molar-refractivity contribution >= 4 is 17.6 Å². The Labute approximate surface area is 122 Å². The maximum atomic E-state index is 11.9. The van der Waals surface area contributed by atoms with Crippen molar-refractivity contribution < 1.29 is 24.5 Å². The van der Waals surface area contributed by atoms with Gasteiger partial charge in [0.05, 0.1) is 5.60 Å². The van der Waals surface area contributed by atoms with E-state index in [1.54, 1.807) is 38.1 Å². The number of carbonyl (C=O) groups excluding carboxylic acids is 1. The second-order valence-corrected chi connectivity index (χ2v) is 5.97. The maximum Gasteiger partial charge on any atom is 0.319 e. The molecule has 1 amide bonds. The van der Waals surface area contributed by atoms with Crippen LogP contribution in [0.25, 0.3) is 0 Å². The average molecular weight is 293 g/mol.